The lowest BCUT2D eigenvalue weighted by atomic mass is 9.80. The maximum absolute atomic E-state index is 13.4. The number of thiazole rings is 1. The second-order valence-electron chi connectivity index (χ2n) is 11.4. The summed E-state index contributed by atoms with van der Waals surface area (Å²) < 4.78 is 5.36. The predicted molar refractivity (Wildman–Crippen MR) is 152 cm³/mol. The number of likely N-dealkylation sites (N-methyl/N-ethyl adjacent to an activating group) is 1. The molecule has 3 N–H and O–H groups in total. The number of aryl methyl sites for hydroxylation is 1. The number of carbonyl (C=O) groups is 3. The Morgan fingerprint density at radius 2 is 1.90 bits per heavy atom. The fourth-order valence-corrected chi connectivity index (χ4v) is 7.05. The number of nitrogens with one attached hydrogen (secondary N) is 3. The first-order valence-electron chi connectivity index (χ1n) is 14.0. The minimum absolute atomic E-state index is 0.0510. The molecule has 3 amide bonds. The molecule has 2 aliphatic heterocycles. The third-order valence-corrected chi connectivity index (χ3v) is 9.55. The van der Waals surface area contributed by atoms with E-state index in [0.717, 1.165) is 59.4 Å². The summed E-state index contributed by atoms with van der Waals surface area (Å²) in [6.07, 6.45) is 2.95. The van der Waals surface area contributed by atoms with E-state index in [0.29, 0.717) is 30.2 Å². The van der Waals surface area contributed by atoms with E-state index >= 15 is 0 Å². The van der Waals surface area contributed by atoms with Crippen LogP contribution in [0.4, 0.5) is 0 Å². The molecule has 1 aromatic carbocycles. The van der Waals surface area contributed by atoms with Gasteiger partial charge < -0.3 is 30.2 Å². The minimum Gasteiger partial charge on any atom is -0.381 e. The molecule has 2 fully saturated rings. The van der Waals surface area contributed by atoms with Gasteiger partial charge in [0.05, 0.1) is 23.9 Å². The number of likely N-dealkylation sites (tertiary alicyclic amines) is 1. The van der Waals surface area contributed by atoms with E-state index in [1.54, 1.807) is 7.11 Å². The number of carbonyl (C=O) groups excluding carboxylic acids is 3. The van der Waals surface area contributed by atoms with Gasteiger partial charge in [-0.05, 0) is 51.4 Å². The Kier molecular flexibility index (Phi) is 7.37. The Morgan fingerprint density at radius 1 is 1.10 bits per heavy atom. The first-order valence-corrected chi connectivity index (χ1v) is 14.8. The summed E-state index contributed by atoms with van der Waals surface area (Å²) in [4.78, 5) is 53.0. The molecule has 2 aromatic heterocycles. The van der Waals surface area contributed by atoms with Crippen molar-refractivity contribution in [1.29, 1.82) is 0 Å². The first kappa shape index (κ1) is 26.9. The van der Waals surface area contributed by atoms with Crippen LogP contribution in [0.15, 0.2) is 24.3 Å². The van der Waals surface area contributed by atoms with Gasteiger partial charge in [0, 0.05) is 61.4 Å². The number of benzene rings is 1. The molecule has 3 aromatic rings. The van der Waals surface area contributed by atoms with Crippen LogP contribution in [0.5, 0.6) is 0 Å². The second kappa shape index (κ2) is 10.9. The number of hydrogen-bond donors (Lipinski definition) is 3. The zero-order valence-electron chi connectivity index (χ0n) is 23.2. The van der Waals surface area contributed by atoms with Gasteiger partial charge in [-0.1, -0.05) is 11.6 Å². The molecule has 3 aliphatic rings. The lowest BCUT2D eigenvalue weighted by molar-refractivity contribution is -0.145. The number of nitrogens with zero attached hydrogens (tertiary/aromatic N) is 3. The summed E-state index contributed by atoms with van der Waals surface area (Å²) in [5.74, 6) is -0.446. The smallest absolute Gasteiger partial charge is 0.280 e. The fraction of sp³-hybridized carbons (Fsp3) is 0.517. The molecular weight excluding hydrogens is 528 g/mol. The Bertz CT molecular complexity index is 1440. The molecule has 1 saturated carbocycles. The summed E-state index contributed by atoms with van der Waals surface area (Å²) in [5, 5.41) is 7.67. The molecule has 0 radical (unpaired) electrons. The first-order chi connectivity index (χ1) is 19.3. The average molecular weight is 565 g/mol. The normalized spacial score (nSPS) is 24.8. The molecule has 40 heavy (non-hydrogen) atoms. The molecule has 10 nitrogen and oxygen atoms in total. The summed E-state index contributed by atoms with van der Waals surface area (Å²) in [5.41, 5.74) is 3.48. The molecular formula is C29H36N6O4S. The number of H-pyrrole nitrogens is 1. The zero-order chi connectivity index (χ0) is 28.0. The van der Waals surface area contributed by atoms with Gasteiger partial charge in [0.15, 0.2) is 5.01 Å². The topological polar surface area (TPSA) is 120 Å². The Morgan fingerprint density at radius 3 is 2.70 bits per heavy atom. The number of aromatic nitrogens is 2. The standard InChI is InChI=1S/C29H36N6O4S/c1-16-4-5-20-17(10-16)13-23(30-20)26(36)31-21-7-9-35(29(38)18-11-19(12-18)39-3)14-24(21)32-27(37)28-33-22-6-8-34(2)15-25(22)40-28/h4-5,10,13,18-19,21,24,30H,6-9,11-12,14-15H2,1-3H3,(H,31,36)(H,32,37)/t18?,19?,21-,24+/m0/s1. The lowest BCUT2D eigenvalue weighted by Crippen LogP contribution is -2.62. The Labute approximate surface area is 237 Å². The third-order valence-electron chi connectivity index (χ3n) is 8.47. The van der Waals surface area contributed by atoms with Crippen LogP contribution in [0, 0.1) is 12.8 Å². The van der Waals surface area contributed by atoms with Gasteiger partial charge in [0.2, 0.25) is 5.91 Å². The number of methoxy groups -OCH3 is 1. The predicted octanol–water partition coefficient (Wildman–Crippen LogP) is 2.48. The third kappa shape index (κ3) is 5.37. The summed E-state index contributed by atoms with van der Waals surface area (Å²) in [6.45, 7) is 4.59. The van der Waals surface area contributed by atoms with Gasteiger partial charge in [-0.2, -0.15) is 0 Å². The van der Waals surface area contributed by atoms with Gasteiger partial charge in [0.1, 0.15) is 5.69 Å². The SMILES string of the molecule is COC1CC(C(=O)N2CC[C@H](NC(=O)c3cc4cc(C)ccc4[nH]3)[C@H](NC(=O)c3nc4c(s3)CN(C)CC4)C2)C1. The van der Waals surface area contributed by atoms with Crippen molar-refractivity contribution >= 4 is 40.0 Å². The van der Waals surface area contributed by atoms with Crippen molar-refractivity contribution in [3.63, 3.8) is 0 Å². The summed E-state index contributed by atoms with van der Waals surface area (Å²) >= 11 is 1.43. The van der Waals surface area contributed by atoms with E-state index in [9.17, 15) is 14.4 Å². The van der Waals surface area contributed by atoms with E-state index in [1.807, 2.05) is 36.1 Å². The molecule has 0 spiro atoms. The molecule has 4 heterocycles. The molecule has 212 valence electrons. The maximum atomic E-state index is 13.4. The van der Waals surface area contributed by atoms with E-state index < -0.39 is 6.04 Å². The average Bonchev–Trinajstić information content (AvgIpc) is 3.52. The van der Waals surface area contributed by atoms with Gasteiger partial charge in [-0.25, -0.2) is 4.98 Å². The van der Waals surface area contributed by atoms with Gasteiger partial charge in [0.25, 0.3) is 11.8 Å². The Balaban J connectivity index is 1.18. The second-order valence-corrected chi connectivity index (χ2v) is 12.5. The van der Waals surface area contributed by atoms with Gasteiger partial charge in [-0.3, -0.25) is 14.4 Å². The highest BCUT2D eigenvalue weighted by atomic mass is 32.1. The van der Waals surface area contributed by atoms with Crippen molar-refractivity contribution in [3.05, 3.63) is 51.1 Å². The van der Waals surface area contributed by atoms with Crippen LogP contribution in [-0.2, 0) is 22.5 Å². The lowest BCUT2D eigenvalue weighted by Gasteiger charge is -2.42. The van der Waals surface area contributed by atoms with E-state index in [2.05, 4.69) is 32.5 Å². The molecule has 1 aliphatic carbocycles. The van der Waals surface area contributed by atoms with E-state index in [4.69, 9.17) is 4.74 Å². The number of amides is 3. The van der Waals surface area contributed by atoms with Crippen molar-refractivity contribution in [2.75, 3.05) is 33.8 Å². The molecule has 11 heteroatoms. The van der Waals surface area contributed by atoms with Gasteiger partial charge in [-0.15, -0.1) is 11.3 Å². The quantitative estimate of drug-likeness (QED) is 0.423. The van der Waals surface area contributed by atoms with Crippen molar-refractivity contribution < 1.29 is 19.1 Å². The van der Waals surface area contributed by atoms with Crippen LogP contribution in [0.3, 0.4) is 0 Å². The van der Waals surface area contributed by atoms with Crippen LogP contribution < -0.4 is 10.6 Å². The minimum atomic E-state index is -0.442. The fourth-order valence-electron chi connectivity index (χ4n) is 5.96. The molecule has 0 bridgehead atoms. The molecule has 2 atom stereocenters. The number of fused-ring (bicyclic) bond motifs is 2. The zero-order valence-corrected chi connectivity index (χ0v) is 24.0. The molecule has 1 saturated heterocycles. The highest BCUT2D eigenvalue weighted by Gasteiger charge is 2.41. The number of hydrogen-bond acceptors (Lipinski definition) is 7. The summed E-state index contributed by atoms with van der Waals surface area (Å²) in [7, 11) is 3.74. The van der Waals surface area contributed by atoms with Crippen LogP contribution in [0.2, 0.25) is 0 Å². The maximum Gasteiger partial charge on any atom is 0.280 e. The van der Waals surface area contributed by atoms with Gasteiger partial charge >= 0.3 is 0 Å². The van der Waals surface area contributed by atoms with E-state index in [-0.39, 0.29) is 35.8 Å². The van der Waals surface area contributed by atoms with Crippen LogP contribution in [-0.4, -0.2) is 89.5 Å². The van der Waals surface area contributed by atoms with Crippen LogP contribution in [0.25, 0.3) is 10.9 Å². The number of ether oxygens (including phenoxy) is 1. The van der Waals surface area contributed by atoms with Crippen LogP contribution >= 0.6 is 11.3 Å². The number of rotatable bonds is 6. The summed E-state index contributed by atoms with van der Waals surface area (Å²) in [6, 6.07) is 7.09. The number of piperidine rings is 1. The molecule has 0 unspecified atom stereocenters. The van der Waals surface area contributed by atoms with E-state index in [1.165, 1.54) is 11.3 Å². The highest BCUT2D eigenvalue weighted by molar-refractivity contribution is 7.13. The van der Waals surface area contributed by atoms with Crippen molar-refractivity contribution in [1.82, 2.24) is 30.4 Å². The largest absolute Gasteiger partial charge is 0.381 e. The monoisotopic (exact) mass is 564 g/mol. The molecule has 6 rings (SSSR count). The van der Waals surface area contributed by atoms with Crippen molar-refractivity contribution in [2.24, 2.45) is 5.92 Å². The van der Waals surface area contributed by atoms with Crippen molar-refractivity contribution in [2.45, 2.75) is 57.3 Å². The van der Waals surface area contributed by atoms with Crippen molar-refractivity contribution in [3.8, 4) is 0 Å². The van der Waals surface area contributed by atoms with Crippen LogP contribution in [0.1, 0.15) is 55.7 Å². The highest BCUT2D eigenvalue weighted by Crippen LogP contribution is 2.32. The number of aromatic amines is 1. The Hall–Kier alpha value is -3.28.